The number of benzene rings is 1. The molecule has 1 N–H and O–H groups in total. The van der Waals surface area contributed by atoms with E-state index < -0.39 is 12.0 Å². The monoisotopic (exact) mass is 439 g/mol. The summed E-state index contributed by atoms with van der Waals surface area (Å²) in [5, 5.41) is 3.68. The zero-order valence-electron chi connectivity index (χ0n) is 17.0. The topological polar surface area (TPSA) is 61.9 Å². The first-order chi connectivity index (χ1) is 13.8. The highest BCUT2D eigenvalue weighted by Crippen LogP contribution is 2.34. The van der Waals surface area contributed by atoms with Gasteiger partial charge < -0.3 is 10.1 Å². The highest BCUT2D eigenvalue weighted by Gasteiger charge is 2.37. The lowest BCUT2D eigenvalue weighted by Gasteiger charge is -2.38. The predicted molar refractivity (Wildman–Crippen MR) is 114 cm³/mol. The van der Waals surface area contributed by atoms with Crippen molar-refractivity contribution in [1.29, 1.82) is 0 Å². The molecule has 6 nitrogen and oxygen atoms in total. The van der Waals surface area contributed by atoms with Gasteiger partial charge in [-0.15, -0.1) is 0 Å². The van der Waals surface area contributed by atoms with Crippen LogP contribution in [0.25, 0.3) is 0 Å². The van der Waals surface area contributed by atoms with E-state index in [2.05, 4.69) is 17.1 Å². The summed E-state index contributed by atoms with van der Waals surface area (Å²) in [7, 11) is 1.68. The molecule has 0 spiro atoms. The van der Waals surface area contributed by atoms with E-state index >= 15 is 0 Å². The third kappa shape index (κ3) is 4.87. The second kappa shape index (κ2) is 9.37. The number of ether oxygens (including phenoxy) is 1. The van der Waals surface area contributed by atoms with Crippen molar-refractivity contribution >= 4 is 35.2 Å². The molecule has 2 aliphatic heterocycles. The fraction of sp³-hybridized carbons (Fsp3) is 0.524. The Morgan fingerprint density at radius 2 is 1.93 bits per heavy atom. The van der Waals surface area contributed by atoms with Crippen LogP contribution in [-0.2, 0) is 9.53 Å². The van der Waals surface area contributed by atoms with Gasteiger partial charge in [0.1, 0.15) is 0 Å². The van der Waals surface area contributed by atoms with Gasteiger partial charge in [-0.3, -0.25) is 9.80 Å². The van der Waals surface area contributed by atoms with Crippen LogP contribution < -0.4 is 5.32 Å². The molecule has 1 aromatic rings. The van der Waals surface area contributed by atoms with E-state index in [0.717, 1.165) is 25.9 Å². The van der Waals surface area contributed by atoms with E-state index in [4.69, 9.17) is 27.9 Å². The van der Waals surface area contributed by atoms with Gasteiger partial charge in [-0.2, -0.15) is 0 Å². The summed E-state index contributed by atoms with van der Waals surface area (Å²) in [6.45, 7) is 6.66. The first-order valence-corrected chi connectivity index (χ1v) is 10.7. The molecule has 3 rings (SSSR count). The van der Waals surface area contributed by atoms with Crippen LogP contribution in [0.4, 0.5) is 4.79 Å². The molecule has 1 atom stereocenters. The number of carbonyl (C=O) groups excluding carboxylic acids is 2. The largest absolute Gasteiger partial charge is 0.463 e. The minimum Gasteiger partial charge on any atom is -0.463 e. The number of hydrogen-bond donors (Lipinski definition) is 1. The Morgan fingerprint density at radius 1 is 1.24 bits per heavy atom. The van der Waals surface area contributed by atoms with Crippen molar-refractivity contribution in [1.82, 2.24) is 15.1 Å². The number of carbonyl (C=O) groups is 2. The van der Waals surface area contributed by atoms with Crippen LogP contribution in [0.15, 0.2) is 29.5 Å². The first-order valence-electron chi connectivity index (χ1n) is 9.93. The Morgan fingerprint density at radius 3 is 2.55 bits per heavy atom. The van der Waals surface area contributed by atoms with Crippen LogP contribution in [0, 0.1) is 5.92 Å². The number of nitrogens with one attached hydrogen (secondary N) is 1. The van der Waals surface area contributed by atoms with Gasteiger partial charge in [0.25, 0.3) is 0 Å². The minimum atomic E-state index is -0.647. The van der Waals surface area contributed by atoms with Gasteiger partial charge in [0.15, 0.2) is 0 Å². The maximum absolute atomic E-state index is 13.0. The Labute approximate surface area is 181 Å². The van der Waals surface area contributed by atoms with E-state index in [1.807, 2.05) is 0 Å². The van der Waals surface area contributed by atoms with Crippen LogP contribution >= 0.6 is 23.2 Å². The van der Waals surface area contributed by atoms with E-state index in [1.165, 1.54) is 4.90 Å². The lowest BCUT2D eigenvalue weighted by Crippen LogP contribution is -2.50. The fourth-order valence-electron chi connectivity index (χ4n) is 3.77. The molecule has 1 unspecified atom stereocenters. The molecule has 2 aliphatic rings. The number of piperidine rings is 1. The van der Waals surface area contributed by atoms with Crippen molar-refractivity contribution in [3.63, 3.8) is 0 Å². The average molecular weight is 440 g/mol. The molecule has 1 saturated heterocycles. The standard InChI is InChI=1S/C21H27Cl2N3O3/c1-4-29-20(27)18-17(12-26-9-7-13(2)8-10-26)25(3)21(28)24-19(18)14-5-6-15(22)16(23)11-14/h5-6,11,13,19H,4,7-10,12H2,1-3H3,(H,24,28). The van der Waals surface area contributed by atoms with Crippen molar-refractivity contribution in [2.45, 2.75) is 32.7 Å². The second-order valence-corrected chi connectivity index (χ2v) is 8.47. The maximum Gasteiger partial charge on any atom is 0.338 e. The molecule has 2 amide bonds. The second-order valence-electron chi connectivity index (χ2n) is 7.65. The summed E-state index contributed by atoms with van der Waals surface area (Å²) in [5.74, 6) is 0.261. The molecule has 2 heterocycles. The summed E-state index contributed by atoms with van der Waals surface area (Å²) in [6, 6.07) is 4.20. The zero-order valence-corrected chi connectivity index (χ0v) is 18.5. The normalized spacial score (nSPS) is 21.3. The summed E-state index contributed by atoms with van der Waals surface area (Å²) in [6.07, 6.45) is 2.21. The van der Waals surface area contributed by atoms with Crippen molar-refractivity contribution < 1.29 is 14.3 Å². The molecule has 29 heavy (non-hydrogen) atoms. The van der Waals surface area contributed by atoms with Gasteiger partial charge >= 0.3 is 12.0 Å². The Bertz CT molecular complexity index is 819. The molecule has 1 aromatic carbocycles. The van der Waals surface area contributed by atoms with E-state index in [-0.39, 0.29) is 12.6 Å². The Balaban J connectivity index is 2.03. The predicted octanol–water partition coefficient (Wildman–Crippen LogP) is 4.24. The number of amides is 2. The molecule has 0 saturated carbocycles. The van der Waals surface area contributed by atoms with Crippen LogP contribution in [0.2, 0.25) is 10.0 Å². The highest BCUT2D eigenvalue weighted by atomic mass is 35.5. The molecule has 1 fully saturated rings. The Hall–Kier alpha value is -1.76. The number of likely N-dealkylation sites (N-methyl/N-ethyl adjacent to an activating group) is 1. The number of halogens is 2. The lowest BCUT2D eigenvalue weighted by molar-refractivity contribution is -0.139. The summed E-state index contributed by atoms with van der Waals surface area (Å²) < 4.78 is 5.35. The molecule has 0 aliphatic carbocycles. The average Bonchev–Trinajstić information content (AvgIpc) is 2.69. The van der Waals surface area contributed by atoms with E-state index in [0.29, 0.717) is 39.3 Å². The fourth-order valence-corrected chi connectivity index (χ4v) is 4.08. The molecular formula is C21H27Cl2N3O3. The third-order valence-corrected chi connectivity index (χ3v) is 6.34. The zero-order chi connectivity index (χ0) is 21.1. The quantitative estimate of drug-likeness (QED) is 0.696. The van der Waals surface area contributed by atoms with Crippen LogP contribution in [0.3, 0.4) is 0 Å². The number of urea groups is 1. The maximum atomic E-state index is 13.0. The minimum absolute atomic E-state index is 0.253. The Kier molecular flexibility index (Phi) is 7.09. The van der Waals surface area contributed by atoms with Crippen LogP contribution in [0.5, 0.6) is 0 Å². The van der Waals surface area contributed by atoms with Gasteiger partial charge in [-0.05, 0) is 56.5 Å². The number of hydrogen-bond acceptors (Lipinski definition) is 4. The third-order valence-electron chi connectivity index (χ3n) is 5.60. The molecule has 0 bridgehead atoms. The van der Waals surface area contributed by atoms with Gasteiger partial charge in [-0.1, -0.05) is 36.2 Å². The molecular weight excluding hydrogens is 413 g/mol. The van der Waals surface area contributed by atoms with Crippen molar-refractivity contribution in [3.05, 3.63) is 45.1 Å². The van der Waals surface area contributed by atoms with Crippen LogP contribution in [-0.4, -0.2) is 55.1 Å². The number of nitrogens with zero attached hydrogens (tertiary/aromatic N) is 2. The first kappa shape index (κ1) is 21.9. The molecule has 0 aromatic heterocycles. The number of rotatable bonds is 5. The van der Waals surface area contributed by atoms with E-state index in [9.17, 15) is 9.59 Å². The molecule has 8 heteroatoms. The molecule has 158 valence electrons. The van der Waals surface area contributed by atoms with Crippen molar-refractivity contribution in [2.24, 2.45) is 5.92 Å². The van der Waals surface area contributed by atoms with Gasteiger partial charge in [0.05, 0.1) is 28.3 Å². The summed E-state index contributed by atoms with van der Waals surface area (Å²) in [5.41, 5.74) is 1.79. The SMILES string of the molecule is CCOC(=O)C1=C(CN2CCC(C)CC2)N(C)C(=O)NC1c1ccc(Cl)c(Cl)c1. The van der Waals surface area contributed by atoms with E-state index in [1.54, 1.807) is 32.2 Å². The highest BCUT2D eigenvalue weighted by molar-refractivity contribution is 6.42. The van der Waals surface area contributed by atoms with Gasteiger partial charge in [0, 0.05) is 19.3 Å². The molecule has 0 radical (unpaired) electrons. The van der Waals surface area contributed by atoms with Crippen molar-refractivity contribution in [2.75, 3.05) is 33.3 Å². The van der Waals surface area contributed by atoms with Crippen molar-refractivity contribution in [3.8, 4) is 0 Å². The number of esters is 1. The summed E-state index contributed by atoms with van der Waals surface area (Å²) in [4.78, 5) is 29.5. The van der Waals surface area contributed by atoms with Gasteiger partial charge in [0.2, 0.25) is 0 Å². The number of likely N-dealkylation sites (tertiary alicyclic amines) is 1. The smallest absolute Gasteiger partial charge is 0.338 e. The van der Waals surface area contributed by atoms with Gasteiger partial charge in [-0.25, -0.2) is 9.59 Å². The lowest BCUT2D eigenvalue weighted by atomic mass is 9.93. The summed E-state index contributed by atoms with van der Waals surface area (Å²) >= 11 is 12.2. The van der Waals surface area contributed by atoms with Crippen LogP contribution in [0.1, 0.15) is 38.3 Å².